The topological polar surface area (TPSA) is 82.4 Å². The summed E-state index contributed by atoms with van der Waals surface area (Å²) in [5.41, 5.74) is 0.882. The number of methoxy groups -OCH3 is 2. The number of rotatable bonds is 7. The van der Waals surface area contributed by atoms with E-state index in [1.807, 2.05) is 18.2 Å². The van der Waals surface area contributed by atoms with Crippen molar-refractivity contribution in [2.75, 3.05) is 27.0 Å². The van der Waals surface area contributed by atoms with Crippen molar-refractivity contribution in [2.45, 2.75) is 11.7 Å². The van der Waals surface area contributed by atoms with Gasteiger partial charge >= 0.3 is 0 Å². The molecular formula is C14H19N5O3S. The number of hydrogen-bond donors (Lipinski definition) is 0. The van der Waals surface area contributed by atoms with Crippen molar-refractivity contribution in [3.8, 4) is 11.5 Å². The summed E-state index contributed by atoms with van der Waals surface area (Å²) in [6.07, 6.45) is 0. The van der Waals surface area contributed by atoms with E-state index in [1.165, 1.54) is 16.4 Å². The molecule has 0 saturated heterocycles. The molecule has 0 aliphatic heterocycles. The summed E-state index contributed by atoms with van der Waals surface area (Å²) in [6, 6.07) is 5.60. The van der Waals surface area contributed by atoms with Crippen molar-refractivity contribution in [3.63, 3.8) is 0 Å². The van der Waals surface area contributed by atoms with Gasteiger partial charge in [0.05, 0.1) is 20.0 Å². The summed E-state index contributed by atoms with van der Waals surface area (Å²) >= 11 is 1.30. The third-order valence-electron chi connectivity index (χ3n) is 3.22. The second-order valence-corrected chi connectivity index (χ2v) is 5.72. The van der Waals surface area contributed by atoms with Gasteiger partial charge in [0.15, 0.2) is 11.5 Å². The Kier molecular flexibility index (Phi) is 5.80. The number of amides is 1. The maximum Gasteiger partial charge on any atom is 0.233 e. The molecule has 0 bridgehead atoms. The van der Waals surface area contributed by atoms with Crippen LogP contribution in [0, 0.1) is 0 Å². The number of aromatic nitrogens is 4. The predicted octanol–water partition coefficient (Wildman–Crippen LogP) is 0.978. The normalized spacial score (nSPS) is 10.4. The Morgan fingerprint density at radius 3 is 2.74 bits per heavy atom. The minimum Gasteiger partial charge on any atom is -0.493 e. The molecule has 0 unspecified atom stereocenters. The van der Waals surface area contributed by atoms with Crippen LogP contribution in [0.4, 0.5) is 0 Å². The number of benzene rings is 1. The number of carbonyl (C=O) groups excluding carboxylic acids is 1. The Hall–Kier alpha value is -2.29. The van der Waals surface area contributed by atoms with Gasteiger partial charge in [0.1, 0.15) is 0 Å². The van der Waals surface area contributed by atoms with E-state index in [0.29, 0.717) is 23.2 Å². The lowest BCUT2D eigenvalue weighted by Gasteiger charge is -2.19. The molecular weight excluding hydrogens is 318 g/mol. The molecule has 0 aliphatic rings. The lowest BCUT2D eigenvalue weighted by Crippen LogP contribution is -2.28. The molecule has 8 nitrogen and oxygen atoms in total. The van der Waals surface area contributed by atoms with Crippen LogP contribution in [0.2, 0.25) is 0 Å². The SMILES string of the molecule is COc1cccc(CN(C)C(=O)CSc2nnnn2C)c1OC. The Labute approximate surface area is 138 Å². The standard InChI is InChI=1S/C14H19N5O3S/c1-18(12(20)9-23-14-15-16-17-19(14)2)8-10-6-5-7-11(21-3)13(10)22-4/h5-7H,8-9H2,1-4H3. The third kappa shape index (κ3) is 4.13. The highest BCUT2D eigenvalue weighted by Gasteiger charge is 2.16. The molecule has 0 N–H and O–H groups in total. The summed E-state index contributed by atoms with van der Waals surface area (Å²) in [6.45, 7) is 0.427. The Bertz CT molecular complexity index is 676. The number of hydrogen-bond acceptors (Lipinski definition) is 7. The van der Waals surface area contributed by atoms with Gasteiger partial charge in [-0.3, -0.25) is 4.79 Å². The Morgan fingerprint density at radius 1 is 1.35 bits per heavy atom. The zero-order valence-corrected chi connectivity index (χ0v) is 14.3. The molecule has 2 rings (SSSR count). The second kappa shape index (κ2) is 7.82. The van der Waals surface area contributed by atoms with Crippen molar-refractivity contribution in [2.24, 2.45) is 7.05 Å². The molecule has 1 aromatic carbocycles. The molecule has 0 radical (unpaired) electrons. The van der Waals surface area contributed by atoms with Crippen LogP contribution in [0.15, 0.2) is 23.4 Å². The highest BCUT2D eigenvalue weighted by atomic mass is 32.2. The van der Waals surface area contributed by atoms with Gasteiger partial charge in [0, 0.05) is 26.2 Å². The average molecular weight is 337 g/mol. The van der Waals surface area contributed by atoms with Gasteiger partial charge in [-0.15, -0.1) is 5.10 Å². The van der Waals surface area contributed by atoms with Gasteiger partial charge < -0.3 is 14.4 Å². The van der Waals surface area contributed by atoms with E-state index in [4.69, 9.17) is 9.47 Å². The Balaban J connectivity index is 2.00. The van der Waals surface area contributed by atoms with Crippen LogP contribution in [0.1, 0.15) is 5.56 Å². The fraction of sp³-hybridized carbons (Fsp3) is 0.429. The maximum atomic E-state index is 12.3. The van der Waals surface area contributed by atoms with E-state index in [9.17, 15) is 4.79 Å². The molecule has 23 heavy (non-hydrogen) atoms. The number of aryl methyl sites for hydroxylation is 1. The van der Waals surface area contributed by atoms with Crippen LogP contribution in [0.25, 0.3) is 0 Å². The first-order valence-electron chi connectivity index (χ1n) is 6.85. The molecule has 0 fully saturated rings. The molecule has 0 atom stereocenters. The van der Waals surface area contributed by atoms with Crippen LogP contribution in [0.5, 0.6) is 11.5 Å². The largest absolute Gasteiger partial charge is 0.493 e. The van der Waals surface area contributed by atoms with Crippen LogP contribution in [-0.4, -0.2) is 58.0 Å². The van der Waals surface area contributed by atoms with E-state index in [1.54, 1.807) is 33.2 Å². The molecule has 0 spiro atoms. The average Bonchev–Trinajstić information content (AvgIpc) is 2.97. The van der Waals surface area contributed by atoms with Gasteiger partial charge in [-0.1, -0.05) is 23.9 Å². The maximum absolute atomic E-state index is 12.3. The summed E-state index contributed by atoms with van der Waals surface area (Å²) in [5, 5.41) is 11.7. The van der Waals surface area contributed by atoms with Gasteiger partial charge in [-0.05, 0) is 16.5 Å². The molecule has 1 heterocycles. The molecule has 0 saturated carbocycles. The van der Waals surface area contributed by atoms with Crippen molar-refractivity contribution in [1.82, 2.24) is 25.1 Å². The number of tetrazole rings is 1. The van der Waals surface area contributed by atoms with Crippen LogP contribution >= 0.6 is 11.8 Å². The van der Waals surface area contributed by atoms with Crippen molar-refractivity contribution in [3.05, 3.63) is 23.8 Å². The fourth-order valence-corrected chi connectivity index (χ4v) is 2.79. The minimum atomic E-state index is -0.0251. The molecule has 1 amide bonds. The molecule has 1 aromatic heterocycles. The zero-order valence-electron chi connectivity index (χ0n) is 13.5. The second-order valence-electron chi connectivity index (χ2n) is 4.78. The summed E-state index contributed by atoms with van der Waals surface area (Å²) in [7, 11) is 6.65. The van der Waals surface area contributed by atoms with E-state index >= 15 is 0 Å². The van der Waals surface area contributed by atoms with Crippen LogP contribution < -0.4 is 9.47 Å². The van der Waals surface area contributed by atoms with E-state index < -0.39 is 0 Å². The lowest BCUT2D eigenvalue weighted by atomic mass is 10.1. The van der Waals surface area contributed by atoms with Crippen molar-refractivity contribution >= 4 is 17.7 Å². The molecule has 0 aliphatic carbocycles. The molecule has 2 aromatic rings. The van der Waals surface area contributed by atoms with Gasteiger partial charge in [0.2, 0.25) is 11.1 Å². The molecule has 124 valence electrons. The number of carbonyl (C=O) groups is 1. The third-order valence-corrected chi connectivity index (χ3v) is 4.22. The minimum absolute atomic E-state index is 0.0251. The highest BCUT2D eigenvalue weighted by molar-refractivity contribution is 7.99. The summed E-state index contributed by atoms with van der Waals surface area (Å²) in [4.78, 5) is 13.9. The highest BCUT2D eigenvalue weighted by Crippen LogP contribution is 2.31. The quantitative estimate of drug-likeness (QED) is 0.696. The number of thioether (sulfide) groups is 1. The smallest absolute Gasteiger partial charge is 0.233 e. The monoisotopic (exact) mass is 337 g/mol. The Morgan fingerprint density at radius 2 is 2.13 bits per heavy atom. The van der Waals surface area contributed by atoms with E-state index in [2.05, 4.69) is 15.5 Å². The first-order chi connectivity index (χ1) is 11.1. The van der Waals surface area contributed by atoms with Crippen LogP contribution in [0.3, 0.4) is 0 Å². The van der Waals surface area contributed by atoms with Gasteiger partial charge in [-0.2, -0.15) is 0 Å². The summed E-state index contributed by atoms with van der Waals surface area (Å²) in [5.74, 6) is 1.52. The number of para-hydroxylation sites is 1. The van der Waals surface area contributed by atoms with E-state index in [-0.39, 0.29) is 11.7 Å². The fourth-order valence-electron chi connectivity index (χ4n) is 2.00. The lowest BCUT2D eigenvalue weighted by molar-refractivity contribution is -0.127. The number of ether oxygens (including phenoxy) is 2. The van der Waals surface area contributed by atoms with Gasteiger partial charge in [-0.25, -0.2) is 4.68 Å². The van der Waals surface area contributed by atoms with Crippen molar-refractivity contribution < 1.29 is 14.3 Å². The van der Waals surface area contributed by atoms with Gasteiger partial charge in [0.25, 0.3) is 0 Å². The molecule has 9 heteroatoms. The predicted molar refractivity (Wildman–Crippen MR) is 85.5 cm³/mol. The summed E-state index contributed by atoms with van der Waals surface area (Å²) < 4.78 is 12.2. The van der Waals surface area contributed by atoms with Crippen molar-refractivity contribution in [1.29, 1.82) is 0 Å². The van der Waals surface area contributed by atoms with Crippen LogP contribution in [-0.2, 0) is 18.4 Å². The van der Waals surface area contributed by atoms with E-state index in [0.717, 1.165) is 5.56 Å². The first-order valence-corrected chi connectivity index (χ1v) is 7.84. The zero-order chi connectivity index (χ0) is 16.8. The first kappa shape index (κ1) is 17.1. The number of nitrogens with zero attached hydrogens (tertiary/aromatic N) is 5.